The third kappa shape index (κ3) is 2.30. The maximum absolute atomic E-state index is 10.5. The van der Waals surface area contributed by atoms with E-state index in [0.29, 0.717) is 17.3 Å². The van der Waals surface area contributed by atoms with Crippen LogP contribution in [0, 0.1) is 0 Å². The van der Waals surface area contributed by atoms with Crippen LogP contribution in [0.3, 0.4) is 0 Å². The first-order valence-electron chi connectivity index (χ1n) is 4.38. The molecule has 1 aliphatic heterocycles. The fourth-order valence-electron chi connectivity index (χ4n) is 1.46. The van der Waals surface area contributed by atoms with E-state index in [1.54, 1.807) is 12.3 Å². The van der Waals surface area contributed by atoms with E-state index in [1.807, 2.05) is 0 Å². The zero-order chi connectivity index (χ0) is 10.8. The molecule has 2 heterocycles. The quantitative estimate of drug-likeness (QED) is 0.732. The Bertz CT molecular complexity index is 397. The highest BCUT2D eigenvalue weighted by Crippen LogP contribution is 2.27. The average Bonchev–Trinajstić information content (AvgIpc) is 2.17. The van der Waals surface area contributed by atoms with Gasteiger partial charge in [0.2, 0.25) is 0 Å². The van der Waals surface area contributed by atoms with Crippen LogP contribution in [0.2, 0.25) is 5.15 Å². The molecule has 1 amide bonds. The van der Waals surface area contributed by atoms with E-state index in [2.05, 4.69) is 4.98 Å². The van der Waals surface area contributed by atoms with E-state index in [-0.39, 0.29) is 12.7 Å². The lowest BCUT2D eigenvalue weighted by molar-refractivity contribution is 0.0615. The van der Waals surface area contributed by atoms with Gasteiger partial charge in [0.1, 0.15) is 23.6 Å². The number of aromatic nitrogens is 1. The molecule has 0 aliphatic carbocycles. The van der Waals surface area contributed by atoms with Crippen molar-refractivity contribution < 1.29 is 14.3 Å². The number of nitrogens with zero attached hydrogens (tertiary/aromatic N) is 1. The lowest BCUT2D eigenvalue weighted by Gasteiger charge is -2.24. The van der Waals surface area contributed by atoms with Crippen LogP contribution in [0.4, 0.5) is 4.79 Å². The zero-order valence-corrected chi connectivity index (χ0v) is 8.53. The van der Waals surface area contributed by atoms with Gasteiger partial charge in [-0.3, -0.25) is 0 Å². The van der Waals surface area contributed by atoms with Gasteiger partial charge in [0.05, 0.1) is 0 Å². The summed E-state index contributed by atoms with van der Waals surface area (Å²) >= 11 is 5.70. The number of nitrogens with two attached hydrogens (primary N) is 1. The number of hydrogen-bond donors (Lipinski definition) is 1. The second-order valence-corrected chi connectivity index (χ2v) is 3.58. The molecule has 0 radical (unpaired) electrons. The molecule has 0 aromatic carbocycles. The predicted octanol–water partition coefficient (Wildman–Crippen LogP) is 1.13. The summed E-state index contributed by atoms with van der Waals surface area (Å²) in [6.45, 7) is 0.288. The third-order valence-electron chi connectivity index (χ3n) is 2.07. The minimum absolute atomic E-state index is 0.288. The molecule has 6 heteroatoms. The van der Waals surface area contributed by atoms with E-state index in [9.17, 15) is 4.79 Å². The van der Waals surface area contributed by atoms with Crippen LogP contribution in [-0.4, -0.2) is 23.8 Å². The first-order valence-corrected chi connectivity index (χ1v) is 4.76. The predicted molar refractivity (Wildman–Crippen MR) is 52.9 cm³/mol. The molecule has 2 rings (SSSR count). The number of amides is 1. The van der Waals surface area contributed by atoms with Gasteiger partial charge < -0.3 is 15.2 Å². The Morgan fingerprint density at radius 2 is 2.53 bits per heavy atom. The minimum atomic E-state index is -0.797. The van der Waals surface area contributed by atoms with Gasteiger partial charge in [-0.1, -0.05) is 11.6 Å². The Labute approximate surface area is 91.1 Å². The SMILES string of the molecule is NC(=O)O[C@H]1COc2cc(Cl)ncc2C1. The van der Waals surface area contributed by atoms with Crippen LogP contribution in [0.25, 0.3) is 0 Å². The first-order chi connectivity index (χ1) is 7.15. The molecule has 1 aromatic heterocycles. The van der Waals surface area contributed by atoms with E-state index < -0.39 is 6.09 Å². The van der Waals surface area contributed by atoms with Crippen molar-refractivity contribution in [3.63, 3.8) is 0 Å². The lowest BCUT2D eigenvalue weighted by atomic mass is 10.1. The molecule has 1 aromatic rings. The summed E-state index contributed by atoms with van der Waals surface area (Å²) in [5, 5.41) is 0.378. The molecule has 1 atom stereocenters. The normalized spacial score (nSPS) is 18.9. The first kappa shape index (κ1) is 10.0. The summed E-state index contributed by atoms with van der Waals surface area (Å²) in [6, 6.07) is 1.64. The Balaban J connectivity index is 2.13. The number of hydrogen-bond acceptors (Lipinski definition) is 4. The van der Waals surface area contributed by atoms with Crippen molar-refractivity contribution in [2.45, 2.75) is 12.5 Å². The van der Waals surface area contributed by atoms with Gasteiger partial charge in [0, 0.05) is 24.2 Å². The smallest absolute Gasteiger partial charge is 0.404 e. The lowest BCUT2D eigenvalue weighted by Crippen LogP contribution is -2.33. The molecule has 5 nitrogen and oxygen atoms in total. The van der Waals surface area contributed by atoms with Crippen LogP contribution in [0.5, 0.6) is 5.75 Å². The Hall–Kier alpha value is -1.49. The Kier molecular flexibility index (Phi) is 2.64. The van der Waals surface area contributed by atoms with Gasteiger partial charge >= 0.3 is 6.09 Å². The second-order valence-electron chi connectivity index (χ2n) is 3.19. The molecule has 0 unspecified atom stereocenters. The molecular formula is C9H9ClN2O3. The molecule has 0 fully saturated rings. The topological polar surface area (TPSA) is 74.4 Å². The summed E-state index contributed by atoms with van der Waals surface area (Å²) in [5.41, 5.74) is 5.77. The van der Waals surface area contributed by atoms with Crippen molar-refractivity contribution in [3.05, 3.63) is 23.0 Å². The largest absolute Gasteiger partial charge is 0.489 e. The maximum Gasteiger partial charge on any atom is 0.404 e. The van der Waals surface area contributed by atoms with Gasteiger partial charge in [-0.25, -0.2) is 9.78 Å². The molecule has 80 valence electrons. The van der Waals surface area contributed by atoms with E-state index in [4.69, 9.17) is 26.8 Å². The van der Waals surface area contributed by atoms with Gasteiger partial charge in [-0.2, -0.15) is 0 Å². The monoisotopic (exact) mass is 228 g/mol. The summed E-state index contributed by atoms with van der Waals surface area (Å²) in [6.07, 6.45) is 1.00. The van der Waals surface area contributed by atoms with Crippen molar-refractivity contribution in [2.24, 2.45) is 5.73 Å². The number of carbonyl (C=O) groups is 1. The highest BCUT2D eigenvalue weighted by Gasteiger charge is 2.22. The molecule has 0 saturated carbocycles. The summed E-state index contributed by atoms with van der Waals surface area (Å²) < 4.78 is 10.2. The minimum Gasteiger partial charge on any atom is -0.489 e. The highest BCUT2D eigenvalue weighted by atomic mass is 35.5. The van der Waals surface area contributed by atoms with Crippen LogP contribution < -0.4 is 10.5 Å². The van der Waals surface area contributed by atoms with Crippen molar-refractivity contribution >= 4 is 17.7 Å². The van der Waals surface area contributed by atoms with Crippen LogP contribution in [0.1, 0.15) is 5.56 Å². The van der Waals surface area contributed by atoms with Crippen LogP contribution >= 0.6 is 11.6 Å². The van der Waals surface area contributed by atoms with E-state index in [1.165, 1.54) is 0 Å². The molecule has 0 bridgehead atoms. The van der Waals surface area contributed by atoms with Crippen molar-refractivity contribution in [2.75, 3.05) is 6.61 Å². The van der Waals surface area contributed by atoms with E-state index in [0.717, 1.165) is 5.56 Å². The third-order valence-corrected chi connectivity index (χ3v) is 2.27. The summed E-state index contributed by atoms with van der Waals surface area (Å²) in [5.74, 6) is 0.680. The Morgan fingerprint density at radius 3 is 3.27 bits per heavy atom. The van der Waals surface area contributed by atoms with Gasteiger partial charge in [-0.15, -0.1) is 0 Å². The van der Waals surface area contributed by atoms with Gasteiger partial charge in [0.25, 0.3) is 0 Å². The van der Waals surface area contributed by atoms with Crippen molar-refractivity contribution in [1.82, 2.24) is 4.98 Å². The molecule has 1 aliphatic rings. The number of halogens is 1. The maximum atomic E-state index is 10.5. The number of ether oxygens (including phenoxy) is 2. The highest BCUT2D eigenvalue weighted by molar-refractivity contribution is 6.29. The van der Waals surface area contributed by atoms with Gasteiger partial charge in [0.15, 0.2) is 0 Å². The summed E-state index contributed by atoms with van der Waals surface area (Å²) in [7, 11) is 0. The zero-order valence-electron chi connectivity index (χ0n) is 7.77. The van der Waals surface area contributed by atoms with Crippen LogP contribution in [-0.2, 0) is 11.2 Å². The van der Waals surface area contributed by atoms with Gasteiger partial charge in [-0.05, 0) is 0 Å². The number of primary amides is 1. The molecular weight excluding hydrogens is 220 g/mol. The fraction of sp³-hybridized carbons (Fsp3) is 0.333. The number of carbonyl (C=O) groups excluding carboxylic acids is 1. The van der Waals surface area contributed by atoms with Crippen molar-refractivity contribution in [1.29, 1.82) is 0 Å². The molecule has 0 spiro atoms. The number of fused-ring (bicyclic) bond motifs is 1. The molecule has 0 saturated heterocycles. The van der Waals surface area contributed by atoms with Crippen molar-refractivity contribution in [3.8, 4) is 5.75 Å². The molecule has 2 N–H and O–H groups in total. The number of rotatable bonds is 1. The second kappa shape index (κ2) is 3.94. The number of pyridine rings is 1. The van der Waals surface area contributed by atoms with Crippen LogP contribution in [0.15, 0.2) is 12.3 Å². The average molecular weight is 229 g/mol. The molecule has 15 heavy (non-hydrogen) atoms. The van der Waals surface area contributed by atoms with E-state index >= 15 is 0 Å². The fourth-order valence-corrected chi connectivity index (χ4v) is 1.60. The standard InChI is InChI=1S/C9H9ClN2O3/c10-8-2-7-5(3-12-8)1-6(4-14-7)15-9(11)13/h2-3,6H,1,4H2,(H2,11,13)/t6-/m1/s1. The summed E-state index contributed by atoms with van der Waals surface area (Å²) in [4.78, 5) is 14.5. The Morgan fingerprint density at radius 1 is 1.73 bits per heavy atom.